The number of nitrogens with zero attached hydrogens (tertiary/aromatic N) is 3. The molecular weight excluding hydrogens is 208 g/mol. The first-order valence-corrected chi connectivity index (χ1v) is 5.59. The lowest BCUT2D eigenvalue weighted by atomic mass is 10.4. The van der Waals surface area contributed by atoms with Gasteiger partial charge in [0.05, 0.1) is 12.2 Å². The molecule has 0 aliphatic carbocycles. The molecule has 0 radical (unpaired) electrons. The first-order valence-electron chi connectivity index (χ1n) is 5.18. The third-order valence-corrected chi connectivity index (χ3v) is 2.63. The summed E-state index contributed by atoms with van der Waals surface area (Å²) in [6.07, 6.45) is 1.82. The standard InChI is InChI=1S/C10H18N4S/c1-4-11-10(15)13(3)8-9-6-7-12-14(9)5-2/h6-7H,4-5,8H2,1-3H3,(H,11,15). The van der Waals surface area contributed by atoms with E-state index in [1.165, 1.54) is 5.69 Å². The largest absolute Gasteiger partial charge is 0.363 e. The van der Waals surface area contributed by atoms with E-state index in [0.717, 1.165) is 24.7 Å². The van der Waals surface area contributed by atoms with Gasteiger partial charge in [0.2, 0.25) is 0 Å². The Bertz CT molecular complexity index is 321. The molecule has 0 unspecified atom stereocenters. The number of aryl methyl sites for hydroxylation is 1. The Morgan fingerprint density at radius 1 is 1.60 bits per heavy atom. The third kappa shape index (κ3) is 3.20. The minimum Gasteiger partial charge on any atom is -0.363 e. The predicted octanol–water partition coefficient (Wildman–Crippen LogP) is 1.23. The van der Waals surface area contributed by atoms with Crippen molar-refractivity contribution in [3.63, 3.8) is 0 Å². The van der Waals surface area contributed by atoms with Crippen molar-refractivity contribution < 1.29 is 0 Å². The summed E-state index contributed by atoms with van der Waals surface area (Å²) in [4.78, 5) is 2.02. The molecule has 0 atom stereocenters. The van der Waals surface area contributed by atoms with E-state index in [9.17, 15) is 0 Å². The predicted molar refractivity (Wildman–Crippen MR) is 65.6 cm³/mol. The van der Waals surface area contributed by atoms with E-state index in [1.807, 2.05) is 35.8 Å². The second-order valence-electron chi connectivity index (χ2n) is 3.33. The quantitative estimate of drug-likeness (QED) is 0.783. The van der Waals surface area contributed by atoms with Crippen molar-refractivity contribution in [2.75, 3.05) is 13.6 Å². The highest BCUT2D eigenvalue weighted by molar-refractivity contribution is 7.80. The smallest absolute Gasteiger partial charge is 0.169 e. The molecule has 0 aromatic carbocycles. The summed E-state index contributed by atoms with van der Waals surface area (Å²) in [5, 5.41) is 8.12. The summed E-state index contributed by atoms with van der Waals surface area (Å²) in [6, 6.07) is 2.02. The summed E-state index contributed by atoms with van der Waals surface area (Å²) in [7, 11) is 1.98. The Balaban J connectivity index is 2.57. The van der Waals surface area contributed by atoms with Crippen molar-refractivity contribution >= 4 is 17.3 Å². The van der Waals surface area contributed by atoms with E-state index in [-0.39, 0.29) is 0 Å². The summed E-state index contributed by atoms with van der Waals surface area (Å²) >= 11 is 5.21. The lowest BCUT2D eigenvalue weighted by molar-refractivity contribution is 0.459. The number of aromatic nitrogens is 2. The summed E-state index contributed by atoms with van der Waals surface area (Å²) in [6.45, 7) is 6.66. The molecule has 0 bridgehead atoms. The van der Waals surface area contributed by atoms with Crippen LogP contribution in [-0.2, 0) is 13.1 Å². The van der Waals surface area contributed by atoms with Crippen LogP contribution in [0, 0.1) is 0 Å². The molecule has 0 aliphatic rings. The van der Waals surface area contributed by atoms with Crippen molar-refractivity contribution in [1.82, 2.24) is 20.0 Å². The van der Waals surface area contributed by atoms with Crippen LogP contribution >= 0.6 is 12.2 Å². The van der Waals surface area contributed by atoms with E-state index >= 15 is 0 Å². The Morgan fingerprint density at radius 2 is 2.33 bits per heavy atom. The van der Waals surface area contributed by atoms with Gasteiger partial charge in [-0.15, -0.1) is 0 Å². The van der Waals surface area contributed by atoms with Crippen LogP contribution in [0.4, 0.5) is 0 Å². The van der Waals surface area contributed by atoms with Gasteiger partial charge >= 0.3 is 0 Å². The van der Waals surface area contributed by atoms with Gasteiger partial charge < -0.3 is 10.2 Å². The highest BCUT2D eigenvalue weighted by Crippen LogP contribution is 2.02. The molecule has 0 fully saturated rings. The van der Waals surface area contributed by atoms with Crippen LogP contribution in [0.1, 0.15) is 19.5 Å². The summed E-state index contributed by atoms with van der Waals surface area (Å²) in [5.41, 5.74) is 1.18. The molecule has 0 aliphatic heterocycles. The number of rotatable bonds is 4. The van der Waals surface area contributed by atoms with E-state index in [1.54, 1.807) is 0 Å². The molecule has 84 valence electrons. The van der Waals surface area contributed by atoms with Crippen molar-refractivity contribution in [2.45, 2.75) is 26.9 Å². The molecule has 1 aromatic rings. The molecular formula is C10H18N4S. The molecule has 1 N–H and O–H groups in total. The first-order chi connectivity index (χ1) is 7.19. The molecule has 1 rings (SSSR count). The Morgan fingerprint density at radius 3 is 2.93 bits per heavy atom. The highest BCUT2D eigenvalue weighted by Gasteiger charge is 2.07. The van der Waals surface area contributed by atoms with Crippen LogP contribution in [0.5, 0.6) is 0 Å². The van der Waals surface area contributed by atoms with Crippen LogP contribution in [0.3, 0.4) is 0 Å². The zero-order chi connectivity index (χ0) is 11.3. The Hall–Kier alpha value is -1.10. The summed E-state index contributed by atoms with van der Waals surface area (Å²) in [5.74, 6) is 0. The third-order valence-electron chi connectivity index (χ3n) is 2.18. The van der Waals surface area contributed by atoms with Gasteiger partial charge in [0.25, 0.3) is 0 Å². The monoisotopic (exact) mass is 226 g/mol. The van der Waals surface area contributed by atoms with Gasteiger partial charge in [-0.2, -0.15) is 5.10 Å². The fourth-order valence-electron chi connectivity index (χ4n) is 1.38. The minimum atomic E-state index is 0.779. The number of nitrogens with one attached hydrogen (secondary N) is 1. The first kappa shape index (κ1) is 12.0. The lowest BCUT2D eigenvalue weighted by Crippen LogP contribution is -2.36. The normalized spacial score (nSPS) is 10.1. The average molecular weight is 226 g/mol. The van der Waals surface area contributed by atoms with Gasteiger partial charge in [0.1, 0.15) is 0 Å². The molecule has 0 saturated carbocycles. The Labute approximate surface area is 96.3 Å². The second-order valence-corrected chi connectivity index (χ2v) is 3.72. The van der Waals surface area contributed by atoms with Gasteiger partial charge in [0.15, 0.2) is 5.11 Å². The van der Waals surface area contributed by atoms with E-state index in [4.69, 9.17) is 12.2 Å². The second kappa shape index (κ2) is 5.70. The van der Waals surface area contributed by atoms with Gasteiger partial charge in [0, 0.05) is 26.3 Å². The van der Waals surface area contributed by atoms with E-state index in [0.29, 0.717) is 0 Å². The molecule has 0 spiro atoms. The number of thiocarbonyl (C=S) groups is 1. The molecule has 0 saturated heterocycles. The zero-order valence-electron chi connectivity index (χ0n) is 9.53. The fraction of sp³-hybridized carbons (Fsp3) is 0.600. The minimum absolute atomic E-state index is 0.779. The maximum Gasteiger partial charge on any atom is 0.169 e. The van der Waals surface area contributed by atoms with Crippen LogP contribution in [0.15, 0.2) is 12.3 Å². The average Bonchev–Trinajstić information content (AvgIpc) is 2.65. The van der Waals surface area contributed by atoms with Gasteiger partial charge in [-0.3, -0.25) is 4.68 Å². The van der Waals surface area contributed by atoms with Crippen LogP contribution < -0.4 is 5.32 Å². The Kier molecular flexibility index (Phi) is 4.55. The van der Waals surface area contributed by atoms with Crippen molar-refractivity contribution in [3.05, 3.63) is 18.0 Å². The fourth-order valence-corrected chi connectivity index (χ4v) is 1.59. The van der Waals surface area contributed by atoms with Crippen LogP contribution in [0.2, 0.25) is 0 Å². The maximum absolute atomic E-state index is 5.21. The van der Waals surface area contributed by atoms with E-state index in [2.05, 4.69) is 17.3 Å². The molecule has 1 heterocycles. The topological polar surface area (TPSA) is 33.1 Å². The maximum atomic E-state index is 5.21. The lowest BCUT2D eigenvalue weighted by Gasteiger charge is -2.20. The van der Waals surface area contributed by atoms with E-state index < -0.39 is 0 Å². The van der Waals surface area contributed by atoms with Crippen molar-refractivity contribution in [1.29, 1.82) is 0 Å². The van der Waals surface area contributed by atoms with Gasteiger partial charge in [-0.05, 0) is 32.1 Å². The molecule has 0 amide bonds. The van der Waals surface area contributed by atoms with Crippen LogP contribution in [0.25, 0.3) is 0 Å². The number of hydrogen-bond acceptors (Lipinski definition) is 2. The van der Waals surface area contributed by atoms with Crippen LogP contribution in [-0.4, -0.2) is 33.4 Å². The molecule has 4 nitrogen and oxygen atoms in total. The molecule has 1 aromatic heterocycles. The summed E-state index contributed by atoms with van der Waals surface area (Å²) < 4.78 is 1.98. The van der Waals surface area contributed by atoms with Gasteiger partial charge in [-0.1, -0.05) is 0 Å². The molecule has 5 heteroatoms. The zero-order valence-corrected chi connectivity index (χ0v) is 10.3. The van der Waals surface area contributed by atoms with Gasteiger partial charge in [-0.25, -0.2) is 0 Å². The SMILES string of the molecule is CCNC(=S)N(C)Cc1ccnn1CC. The highest BCUT2D eigenvalue weighted by atomic mass is 32.1. The molecule has 15 heavy (non-hydrogen) atoms. The number of hydrogen-bond donors (Lipinski definition) is 1. The van der Waals surface area contributed by atoms with Crippen molar-refractivity contribution in [2.24, 2.45) is 0 Å². The van der Waals surface area contributed by atoms with Crippen molar-refractivity contribution in [3.8, 4) is 0 Å².